The normalized spacial score (nSPS) is 10.6. The number of benzene rings is 3. The summed E-state index contributed by atoms with van der Waals surface area (Å²) in [4.78, 5) is 22.8. The highest BCUT2D eigenvalue weighted by atomic mass is 35.5. The molecule has 0 aliphatic heterocycles. The minimum atomic E-state index is -0.649. The number of carbonyl (C=O) groups is 1. The lowest BCUT2D eigenvalue weighted by atomic mass is 10.1. The Morgan fingerprint density at radius 1 is 1.06 bits per heavy atom. The van der Waals surface area contributed by atoms with Gasteiger partial charge in [-0.15, -0.1) is 0 Å². The fourth-order valence-corrected chi connectivity index (χ4v) is 2.99. The van der Waals surface area contributed by atoms with Gasteiger partial charge in [0, 0.05) is 17.8 Å². The van der Waals surface area contributed by atoms with Crippen LogP contribution in [0.2, 0.25) is 10.0 Å². The number of non-ortho nitro benzene ring substituents is 1. The molecule has 0 saturated heterocycles. The average molecular weight is 479 g/mol. The SMILES string of the molecule is N#C/C(=C\c1cccc(Oc2ccc([N+](=O)[O-])cc2C#N)c1)C(=O)Nc1ccc(Cl)c(Cl)c1. The molecule has 3 rings (SSSR count). The molecule has 0 bridgehead atoms. The molecule has 0 unspecified atom stereocenters. The van der Waals surface area contributed by atoms with E-state index in [4.69, 9.17) is 27.9 Å². The number of nitro benzene ring substituents is 1. The van der Waals surface area contributed by atoms with Crippen LogP contribution in [0.1, 0.15) is 11.1 Å². The summed E-state index contributed by atoms with van der Waals surface area (Å²) < 4.78 is 5.69. The van der Waals surface area contributed by atoms with Crippen LogP contribution in [-0.2, 0) is 4.79 Å². The van der Waals surface area contributed by atoms with Gasteiger partial charge in [-0.05, 0) is 48.0 Å². The molecule has 0 radical (unpaired) electrons. The summed E-state index contributed by atoms with van der Waals surface area (Å²) in [7, 11) is 0. The lowest BCUT2D eigenvalue weighted by molar-refractivity contribution is -0.384. The number of rotatable bonds is 6. The summed E-state index contributed by atoms with van der Waals surface area (Å²) in [5, 5.41) is 32.7. The number of halogens is 2. The van der Waals surface area contributed by atoms with Crippen molar-refractivity contribution < 1.29 is 14.5 Å². The molecule has 0 aromatic heterocycles. The van der Waals surface area contributed by atoms with Gasteiger partial charge in [0.05, 0.1) is 15.0 Å². The second-order valence-electron chi connectivity index (χ2n) is 6.48. The standard InChI is InChI=1S/C23H12Cl2N4O4/c24-20-6-4-17(11-21(20)25)28-23(30)16(13-27)8-14-2-1-3-19(9-14)33-22-7-5-18(29(31)32)10-15(22)12-26/h1-11H,(H,28,30)/b16-8+. The molecule has 0 atom stereocenters. The highest BCUT2D eigenvalue weighted by molar-refractivity contribution is 6.42. The second kappa shape index (κ2) is 10.3. The van der Waals surface area contributed by atoms with Gasteiger partial charge in [-0.2, -0.15) is 10.5 Å². The zero-order valence-corrected chi connectivity index (χ0v) is 18.1. The van der Waals surface area contributed by atoms with Crippen LogP contribution < -0.4 is 10.1 Å². The van der Waals surface area contributed by atoms with Crippen LogP contribution in [-0.4, -0.2) is 10.8 Å². The number of nitrogens with zero attached hydrogens (tertiary/aromatic N) is 3. The Kier molecular flexibility index (Phi) is 7.27. The fourth-order valence-electron chi connectivity index (χ4n) is 2.69. The zero-order chi connectivity index (χ0) is 24.0. The van der Waals surface area contributed by atoms with E-state index in [1.165, 1.54) is 30.3 Å². The minimum Gasteiger partial charge on any atom is -0.456 e. The molecule has 1 amide bonds. The van der Waals surface area contributed by atoms with Gasteiger partial charge < -0.3 is 10.1 Å². The predicted octanol–water partition coefficient (Wildman–Crippen LogP) is 6.11. The van der Waals surface area contributed by atoms with Crippen molar-refractivity contribution in [1.82, 2.24) is 0 Å². The fraction of sp³-hybridized carbons (Fsp3) is 0. The molecule has 0 spiro atoms. The molecule has 3 aromatic carbocycles. The second-order valence-corrected chi connectivity index (χ2v) is 7.29. The Bertz CT molecular complexity index is 1370. The van der Waals surface area contributed by atoms with Gasteiger partial charge >= 0.3 is 0 Å². The van der Waals surface area contributed by atoms with E-state index >= 15 is 0 Å². The number of amides is 1. The molecule has 33 heavy (non-hydrogen) atoms. The first-order valence-electron chi connectivity index (χ1n) is 9.15. The average Bonchev–Trinajstić information content (AvgIpc) is 2.80. The van der Waals surface area contributed by atoms with Gasteiger partial charge in [-0.25, -0.2) is 0 Å². The van der Waals surface area contributed by atoms with Crippen molar-refractivity contribution >= 4 is 46.6 Å². The monoisotopic (exact) mass is 478 g/mol. The lowest BCUT2D eigenvalue weighted by Crippen LogP contribution is -2.13. The molecule has 0 fully saturated rings. The van der Waals surface area contributed by atoms with E-state index in [9.17, 15) is 25.4 Å². The number of nitriles is 2. The molecule has 1 N–H and O–H groups in total. The maximum Gasteiger partial charge on any atom is 0.271 e. The van der Waals surface area contributed by atoms with Crippen molar-refractivity contribution in [1.29, 1.82) is 10.5 Å². The van der Waals surface area contributed by atoms with Gasteiger partial charge in [0.2, 0.25) is 0 Å². The van der Waals surface area contributed by atoms with Gasteiger partial charge in [-0.1, -0.05) is 35.3 Å². The van der Waals surface area contributed by atoms with Crippen LogP contribution >= 0.6 is 23.2 Å². The summed E-state index contributed by atoms with van der Waals surface area (Å²) >= 11 is 11.8. The molecule has 0 aliphatic rings. The summed E-state index contributed by atoms with van der Waals surface area (Å²) in [6, 6.07) is 18.3. The van der Waals surface area contributed by atoms with E-state index in [0.29, 0.717) is 22.0 Å². The van der Waals surface area contributed by atoms with Crippen molar-refractivity contribution in [2.24, 2.45) is 0 Å². The van der Waals surface area contributed by atoms with Gasteiger partial charge in [0.1, 0.15) is 34.8 Å². The molecule has 8 nitrogen and oxygen atoms in total. The first-order chi connectivity index (χ1) is 15.8. The van der Waals surface area contributed by atoms with Crippen LogP contribution in [0.4, 0.5) is 11.4 Å². The first-order valence-corrected chi connectivity index (χ1v) is 9.91. The maximum absolute atomic E-state index is 12.5. The summed E-state index contributed by atoms with van der Waals surface area (Å²) in [5.74, 6) is -0.220. The van der Waals surface area contributed by atoms with Crippen LogP contribution in [0, 0.1) is 32.8 Å². The number of hydrogen-bond acceptors (Lipinski definition) is 6. The summed E-state index contributed by atoms with van der Waals surface area (Å²) in [6.07, 6.45) is 1.36. The zero-order valence-electron chi connectivity index (χ0n) is 16.6. The van der Waals surface area contributed by atoms with Crippen LogP contribution in [0.15, 0.2) is 66.2 Å². The Morgan fingerprint density at radius 2 is 1.85 bits per heavy atom. The molecule has 0 saturated carbocycles. The van der Waals surface area contributed by atoms with Crippen molar-refractivity contribution in [2.45, 2.75) is 0 Å². The smallest absolute Gasteiger partial charge is 0.271 e. The van der Waals surface area contributed by atoms with E-state index in [-0.39, 0.29) is 27.6 Å². The molecular formula is C23H12Cl2N4O4. The van der Waals surface area contributed by atoms with Gasteiger partial charge in [0.25, 0.3) is 11.6 Å². The molecule has 0 aliphatic carbocycles. The van der Waals surface area contributed by atoms with Crippen molar-refractivity contribution in [2.75, 3.05) is 5.32 Å². The Labute approximate surface area is 198 Å². The Balaban J connectivity index is 1.82. The third-order valence-electron chi connectivity index (χ3n) is 4.23. The van der Waals surface area contributed by atoms with Gasteiger partial charge in [-0.3, -0.25) is 14.9 Å². The lowest BCUT2D eigenvalue weighted by Gasteiger charge is -2.08. The predicted molar refractivity (Wildman–Crippen MR) is 123 cm³/mol. The van der Waals surface area contributed by atoms with Crippen molar-refractivity contribution in [3.05, 3.63) is 97.5 Å². The molecule has 162 valence electrons. The van der Waals surface area contributed by atoms with E-state index in [1.807, 2.05) is 12.1 Å². The number of ether oxygens (including phenoxy) is 1. The number of carbonyl (C=O) groups excluding carboxylic acids is 1. The molecule has 3 aromatic rings. The summed E-state index contributed by atoms with van der Waals surface area (Å²) in [5.41, 5.74) is 0.431. The Hall–Kier alpha value is -4.37. The van der Waals surface area contributed by atoms with E-state index < -0.39 is 10.8 Å². The number of nitrogens with one attached hydrogen (secondary N) is 1. The third-order valence-corrected chi connectivity index (χ3v) is 4.97. The van der Waals surface area contributed by atoms with Crippen LogP contribution in [0.25, 0.3) is 6.08 Å². The van der Waals surface area contributed by atoms with Gasteiger partial charge in [0.15, 0.2) is 0 Å². The van der Waals surface area contributed by atoms with E-state index in [2.05, 4.69) is 5.32 Å². The van der Waals surface area contributed by atoms with Crippen LogP contribution in [0.5, 0.6) is 11.5 Å². The van der Waals surface area contributed by atoms with E-state index in [1.54, 1.807) is 30.3 Å². The number of anilines is 1. The molecular weight excluding hydrogens is 467 g/mol. The number of hydrogen-bond donors (Lipinski definition) is 1. The van der Waals surface area contributed by atoms with Crippen LogP contribution in [0.3, 0.4) is 0 Å². The first kappa shape index (κ1) is 23.3. The maximum atomic E-state index is 12.5. The Morgan fingerprint density at radius 3 is 2.52 bits per heavy atom. The summed E-state index contributed by atoms with van der Waals surface area (Å²) in [6.45, 7) is 0. The largest absolute Gasteiger partial charge is 0.456 e. The highest BCUT2D eigenvalue weighted by Crippen LogP contribution is 2.29. The quantitative estimate of drug-likeness (QED) is 0.197. The molecule has 0 heterocycles. The minimum absolute atomic E-state index is 0.0103. The van der Waals surface area contributed by atoms with E-state index in [0.717, 1.165) is 6.07 Å². The van der Waals surface area contributed by atoms with Crippen molar-refractivity contribution in [3.8, 4) is 23.6 Å². The highest BCUT2D eigenvalue weighted by Gasteiger charge is 2.13. The number of nitro groups is 1. The molecule has 10 heteroatoms. The third kappa shape index (κ3) is 5.86. The topological polar surface area (TPSA) is 129 Å². The van der Waals surface area contributed by atoms with Crippen molar-refractivity contribution in [3.63, 3.8) is 0 Å².